The lowest BCUT2D eigenvalue weighted by atomic mass is 9.99. The predicted octanol–water partition coefficient (Wildman–Crippen LogP) is 6.06. The molecule has 1 saturated heterocycles. The Balaban J connectivity index is 0.000000211. The Bertz CT molecular complexity index is 2080. The van der Waals surface area contributed by atoms with Crippen molar-refractivity contribution in [1.29, 1.82) is 0 Å². The number of aliphatic hydroxyl groups excluding tert-OH is 2. The Morgan fingerprint density at radius 3 is 1.85 bits per heavy atom. The van der Waals surface area contributed by atoms with E-state index in [1.807, 2.05) is 12.2 Å². The van der Waals surface area contributed by atoms with Crippen molar-refractivity contribution in [3.8, 4) is 23.0 Å². The Morgan fingerprint density at radius 1 is 0.677 bits per heavy atom. The monoisotopic (exact) mass is 860 g/mol. The summed E-state index contributed by atoms with van der Waals surface area (Å²) in [7, 11) is 4.49. The molecule has 8 atom stereocenters. The molecule has 0 amide bonds. The number of rotatable bonds is 5. The van der Waals surface area contributed by atoms with Gasteiger partial charge in [-0.1, -0.05) is 36.5 Å². The van der Waals surface area contributed by atoms with E-state index >= 15 is 0 Å². The molecule has 3 fully saturated rings. The molecule has 62 heavy (non-hydrogen) atoms. The third-order valence-corrected chi connectivity index (χ3v) is 11.4. The lowest BCUT2D eigenvalue weighted by Crippen LogP contribution is -2.32. The molecular weight excluding hydrogens is 805 g/mol. The number of ketones is 2. The molecule has 3 heterocycles. The van der Waals surface area contributed by atoms with E-state index in [-0.39, 0.29) is 48.2 Å². The number of hydrogen-bond donors (Lipinski definition) is 3. The maximum atomic E-state index is 13.4. The zero-order valence-corrected chi connectivity index (χ0v) is 35.7. The minimum atomic E-state index is -1.54. The van der Waals surface area contributed by atoms with Gasteiger partial charge in [0.25, 0.3) is 0 Å². The smallest absolute Gasteiger partial charge is 0.342 e. The minimum absolute atomic E-state index is 0.00912. The molecule has 0 unspecified atom stereocenters. The summed E-state index contributed by atoms with van der Waals surface area (Å²) in [5.74, 6) is -2.02. The second kappa shape index (κ2) is 20.7. The van der Waals surface area contributed by atoms with E-state index < -0.39 is 54.0 Å². The van der Waals surface area contributed by atoms with Gasteiger partial charge in [0.05, 0.1) is 26.4 Å². The van der Waals surface area contributed by atoms with Gasteiger partial charge in [-0.15, -0.1) is 0 Å². The van der Waals surface area contributed by atoms with Crippen LogP contribution in [0.3, 0.4) is 0 Å². The van der Waals surface area contributed by atoms with Crippen molar-refractivity contribution in [2.75, 3.05) is 28.1 Å². The van der Waals surface area contributed by atoms with Gasteiger partial charge in [0.15, 0.2) is 24.1 Å². The molecular formula is C47H56O15. The van der Waals surface area contributed by atoms with Crippen LogP contribution in [0.2, 0.25) is 0 Å². The van der Waals surface area contributed by atoms with E-state index in [9.17, 15) is 34.5 Å². The second-order valence-corrected chi connectivity index (χ2v) is 16.2. The van der Waals surface area contributed by atoms with Gasteiger partial charge >= 0.3 is 11.9 Å². The first kappa shape index (κ1) is 46.2. The number of phenolic OH excluding ortho intramolecular Hbond substituents is 1. The van der Waals surface area contributed by atoms with Crippen LogP contribution in [0.25, 0.3) is 12.2 Å². The van der Waals surface area contributed by atoms with Crippen molar-refractivity contribution in [2.45, 2.75) is 108 Å². The molecule has 15 heteroatoms. The third kappa shape index (κ3) is 11.2. The van der Waals surface area contributed by atoms with Gasteiger partial charge in [-0.05, 0) is 101 Å². The van der Waals surface area contributed by atoms with Gasteiger partial charge in [-0.25, -0.2) is 9.59 Å². The largest absolute Gasteiger partial charge is 0.507 e. The molecule has 334 valence electrons. The summed E-state index contributed by atoms with van der Waals surface area (Å²) in [5, 5.41) is 30.5. The molecule has 2 aliphatic carbocycles. The number of carbonyl (C=O) groups excluding carboxylic acids is 4. The van der Waals surface area contributed by atoms with Crippen LogP contribution in [0.1, 0.15) is 97.1 Å². The number of fused-ring (bicyclic) bond motifs is 5. The van der Waals surface area contributed by atoms with E-state index in [4.69, 9.17) is 37.9 Å². The standard InChI is InChI=1S/C26H32O8.C21H24O7/c1-26(2)33-21-10-6-8-17-13-18(30-4)14-22(31-15-29-3)23(17)25(28)32-20-9-5-7-16(20)11-12-19(27)24(21)34-26;1-27-14-10-13-5-2-6-15(22)20(25)16(23)9-8-12-4-3-7-18(12)28-21(26)19(13)17(24)11-14/h6,8,11-14,16,20-21,24H,5,7,9-10,15H2,1-4H3;2,5,8-12,15,18,20,22,24-25H,3-4,6-7H2,1H3/b8-6+,12-11-;5-2+,9-8-/t16-,20-,21-,24+;12-,15-,18-,20-/m00/s1. The summed E-state index contributed by atoms with van der Waals surface area (Å²) >= 11 is 0. The average molecular weight is 861 g/mol. The van der Waals surface area contributed by atoms with E-state index in [2.05, 4.69) is 0 Å². The van der Waals surface area contributed by atoms with E-state index in [1.54, 1.807) is 57.4 Å². The first-order valence-corrected chi connectivity index (χ1v) is 20.9. The molecule has 3 N–H and O–H groups in total. The minimum Gasteiger partial charge on any atom is -0.507 e. The number of carbonyl (C=O) groups is 4. The number of aliphatic hydroxyl groups is 2. The Kier molecular flexibility index (Phi) is 15.4. The number of phenols is 1. The summed E-state index contributed by atoms with van der Waals surface area (Å²) in [5.41, 5.74) is 1.25. The Labute approximate surface area is 360 Å². The Hall–Kier alpha value is -5.32. The molecule has 15 nitrogen and oxygen atoms in total. The number of aromatic hydroxyl groups is 1. The molecule has 0 bridgehead atoms. The zero-order valence-electron chi connectivity index (χ0n) is 35.7. The number of esters is 2. The number of methoxy groups -OCH3 is 3. The normalized spacial score (nSPS) is 30.4. The lowest BCUT2D eigenvalue weighted by Gasteiger charge is -2.21. The lowest BCUT2D eigenvalue weighted by molar-refractivity contribution is -0.152. The number of benzene rings is 2. The highest BCUT2D eigenvalue weighted by Gasteiger charge is 2.44. The summed E-state index contributed by atoms with van der Waals surface area (Å²) in [6.07, 6.45) is 13.3. The van der Waals surface area contributed by atoms with Crippen molar-refractivity contribution in [3.05, 3.63) is 83.0 Å². The first-order valence-electron chi connectivity index (χ1n) is 20.9. The van der Waals surface area contributed by atoms with Gasteiger partial charge in [0, 0.05) is 31.1 Å². The molecule has 2 aromatic rings. The van der Waals surface area contributed by atoms with Crippen LogP contribution in [0, 0.1) is 11.8 Å². The number of hydrogen-bond acceptors (Lipinski definition) is 15. The third-order valence-electron chi connectivity index (χ3n) is 11.4. The molecule has 7 rings (SSSR count). The second-order valence-electron chi connectivity index (χ2n) is 16.2. The fraction of sp³-hybridized carbons (Fsp3) is 0.489. The van der Waals surface area contributed by atoms with Crippen molar-refractivity contribution >= 4 is 35.7 Å². The fourth-order valence-corrected chi connectivity index (χ4v) is 8.30. The highest BCUT2D eigenvalue weighted by Crippen LogP contribution is 2.38. The molecule has 0 radical (unpaired) electrons. The quantitative estimate of drug-likeness (QED) is 0.231. The van der Waals surface area contributed by atoms with Crippen LogP contribution in [-0.2, 0) is 33.3 Å². The SMILES string of the molecule is COCOc1cc(OC)cc2c1C(=O)O[C@H]1CCC[C@H]1/C=C\C(=O)[C@H]1OC(C)(C)O[C@H]1C/C=C/2.COc1cc(O)c2c(c1)/C=C/C[C@H](O)[C@H](O)C(=O)/C=C\[C@@H]1CCC[C@@H]1OC2=O. The van der Waals surface area contributed by atoms with Crippen LogP contribution in [0.15, 0.2) is 60.7 Å². The summed E-state index contributed by atoms with van der Waals surface area (Å²) in [6, 6.07) is 6.30. The Morgan fingerprint density at radius 2 is 1.24 bits per heavy atom. The van der Waals surface area contributed by atoms with Gasteiger partial charge in [0.2, 0.25) is 0 Å². The van der Waals surface area contributed by atoms with E-state index in [1.165, 1.54) is 38.5 Å². The zero-order chi connectivity index (χ0) is 44.6. The van der Waals surface area contributed by atoms with Crippen molar-refractivity contribution in [3.63, 3.8) is 0 Å². The molecule has 5 aliphatic rings. The van der Waals surface area contributed by atoms with Crippen LogP contribution >= 0.6 is 0 Å². The maximum Gasteiger partial charge on any atom is 0.342 e. The van der Waals surface area contributed by atoms with Gasteiger partial charge in [-0.3, -0.25) is 9.59 Å². The predicted molar refractivity (Wildman–Crippen MR) is 225 cm³/mol. The molecule has 3 aliphatic heterocycles. The summed E-state index contributed by atoms with van der Waals surface area (Å²) in [6.45, 7) is 3.57. The summed E-state index contributed by atoms with van der Waals surface area (Å²) in [4.78, 5) is 51.2. The van der Waals surface area contributed by atoms with Crippen molar-refractivity contribution in [2.24, 2.45) is 11.8 Å². The fourth-order valence-electron chi connectivity index (χ4n) is 8.30. The van der Waals surface area contributed by atoms with Crippen LogP contribution in [0.4, 0.5) is 0 Å². The van der Waals surface area contributed by atoms with Crippen LogP contribution in [0.5, 0.6) is 23.0 Å². The highest BCUT2D eigenvalue weighted by molar-refractivity contribution is 5.98. The first-order chi connectivity index (χ1) is 29.7. The van der Waals surface area contributed by atoms with E-state index in [0.717, 1.165) is 32.1 Å². The van der Waals surface area contributed by atoms with Gasteiger partial charge < -0.3 is 53.2 Å². The van der Waals surface area contributed by atoms with Gasteiger partial charge in [0.1, 0.15) is 58.5 Å². The van der Waals surface area contributed by atoms with E-state index in [0.29, 0.717) is 46.8 Å². The highest BCUT2D eigenvalue weighted by atomic mass is 16.8. The van der Waals surface area contributed by atoms with Crippen LogP contribution in [-0.4, -0.2) is 109 Å². The topological polar surface area (TPSA) is 203 Å². The summed E-state index contributed by atoms with van der Waals surface area (Å²) < 4.78 is 44.8. The van der Waals surface area contributed by atoms with Crippen molar-refractivity contribution in [1.82, 2.24) is 0 Å². The molecule has 0 aromatic heterocycles. The molecule has 0 spiro atoms. The van der Waals surface area contributed by atoms with Crippen molar-refractivity contribution < 1.29 is 72.4 Å². The van der Waals surface area contributed by atoms with Crippen LogP contribution < -0.4 is 14.2 Å². The van der Waals surface area contributed by atoms with Gasteiger partial charge in [-0.2, -0.15) is 0 Å². The molecule has 2 saturated carbocycles. The average Bonchev–Trinajstić information content (AvgIpc) is 3.97. The molecule has 2 aromatic carbocycles. The maximum absolute atomic E-state index is 13.4. The number of ether oxygens (including phenoxy) is 8.